The van der Waals surface area contributed by atoms with Crippen LogP contribution in [-0.2, 0) is 19.5 Å². The second-order valence-electron chi connectivity index (χ2n) is 5.79. The maximum Gasteiger partial charge on any atom is 0.213 e. The number of ether oxygens (including phenoxy) is 1. The van der Waals surface area contributed by atoms with Crippen LogP contribution < -0.4 is 15.4 Å². The van der Waals surface area contributed by atoms with E-state index in [1.54, 1.807) is 17.5 Å². The Labute approximate surface area is 176 Å². The maximum absolute atomic E-state index is 5.55. The van der Waals surface area contributed by atoms with Gasteiger partial charge in [0.05, 0.1) is 19.2 Å². The molecule has 0 aliphatic heterocycles. The number of nitrogens with one attached hydrogen (secondary N) is 2. The van der Waals surface area contributed by atoms with Crippen molar-refractivity contribution in [2.45, 2.75) is 53.3 Å². The summed E-state index contributed by atoms with van der Waals surface area (Å²) in [6.45, 7) is 10.2. The molecule has 26 heavy (non-hydrogen) atoms. The molecule has 0 amide bonds. The fourth-order valence-electron chi connectivity index (χ4n) is 2.08. The molecule has 0 fully saturated rings. The first-order chi connectivity index (χ1) is 12.1. The highest BCUT2D eigenvalue weighted by molar-refractivity contribution is 14.0. The third-order valence-electron chi connectivity index (χ3n) is 3.27. The van der Waals surface area contributed by atoms with Gasteiger partial charge in [-0.1, -0.05) is 13.0 Å². The van der Waals surface area contributed by atoms with E-state index in [2.05, 4.69) is 39.4 Å². The number of nitrogens with zero attached hydrogens (tertiary/aromatic N) is 3. The highest BCUT2D eigenvalue weighted by atomic mass is 127. The van der Waals surface area contributed by atoms with E-state index in [9.17, 15) is 0 Å². The number of halogens is 1. The van der Waals surface area contributed by atoms with Gasteiger partial charge in [-0.05, 0) is 32.8 Å². The number of hydrogen-bond donors (Lipinski definition) is 2. The van der Waals surface area contributed by atoms with Crippen molar-refractivity contribution in [1.82, 2.24) is 20.6 Å². The number of aromatic nitrogens is 2. The minimum atomic E-state index is 0. The average Bonchev–Trinajstić information content (AvgIpc) is 3.06. The van der Waals surface area contributed by atoms with Crippen molar-refractivity contribution in [2.24, 2.45) is 4.99 Å². The van der Waals surface area contributed by atoms with Gasteiger partial charge >= 0.3 is 0 Å². The first-order valence-electron chi connectivity index (χ1n) is 8.68. The molecule has 144 valence electrons. The summed E-state index contributed by atoms with van der Waals surface area (Å²) in [5, 5.41) is 7.64. The fourth-order valence-corrected chi connectivity index (χ4v) is 2.88. The van der Waals surface area contributed by atoms with Gasteiger partial charge in [-0.2, -0.15) is 0 Å². The van der Waals surface area contributed by atoms with Crippen LogP contribution in [0.15, 0.2) is 29.5 Å². The van der Waals surface area contributed by atoms with E-state index < -0.39 is 0 Å². The van der Waals surface area contributed by atoms with Gasteiger partial charge in [-0.15, -0.1) is 35.3 Å². The smallest absolute Gasteiger partial charge is 0.213 e. The molecule has 0 saturated carbocycles. The van der Waals surface area contributed by atoms with Crippen molar-refractivity contribution < 1.29 is 4.74 Å². The second kappa shape index (κ2) is 12.1. The summed E-state index contributed by atoms with van der Waals surface area (Å²) in [4.78, 5) is 14.6. The molecule has 2 aromatic rings. The largest absolute Gasteiger partial charge is 0.475 e. The predicted molar refractivity (Wildman–Crippen MR) is 119 cm³/mol. The molecule has 2 N–H and O–H groups in total. The first kappa shape index (κ1) is 22.6. The summed E-state index contributed by atoms with van der Waals surface area (Å²) in [5.41, 5.74) is 1.04. The van der Waals surface area contributed by atoms with Crippen LogP contribution in [0.2, 0.25) is 0 Å². The highest BCUT2D eigenvalue weighted by Gasteiger charge is 2.03. The monoisotopic (exact) mass is 489 g/mol. The van der Waals surface area contributed by atoms with Crippen LogP contribution in [0.1, 0.15) is 43.1 Å². The van der Waals surface area contributed by atoms with E-state index in [1.807, 2.05) is 32.2 Å². The number of aliphatic imine (C=N–C) groups is 1. The van der Waals surface area contributed by atoms with Crippen molar-refractivity contribution in [3.8, 4) is 5.88 Å². The zero-order valence-corrected chi connectivity index (χ0v) is 18.9. The lowest BCUT2D eigenvalue weighted by atomic mass is 10.3. The molecule has 0 atom stereocenters. The van der Waals surface area contributed by atoms with Gasteiger partial charge in [0.2, 0.25) is 5.88 Å². The van der Waals surface area contributed by atoms with E-state index in [0.29, 0.717) is 19.0 Å². The number of thiazole rings is 1. The predicted octanol–water partition coefficient (Wildman–Crippen LogP) is 3.76. The molecule has 0 aromatic carbocycles. The van der Waals surface area contributed by atoms with E-state index in [4.69, 9.17) is 4.74 Å². The zero-order valence-electron chi connectivity index (χ0n) is 15.8. The van der Waals surface area contributed by atoms with Crippen molar-refractivity contribution in [3.63, 3.8) is 0 Å². The van der Waals surface area contributed by atoms with Gasteiger partial charge < -0.3 is 15.4 Å². The standard InChI is InChI=1S/C18H27N5OS.HI/c1-5-15-11-21-17(25-15)12-23-18(19-6-2)22-10-14-7-8-16(20-9-14)24-13(3)4;/h7-9,11,13H,5-6,10,12H2,1-4H3,(H2,19,22,23);1H. The summed E-state index contributed by atoms with van der Waals surface area (Å²) in [6.07, 6.45) is 4.90. The maximum atomic E-state index is 5.55. The van der Waals surface area contributed by atoms with Gasteiger partial charge in [0.25, 0.3) is 0 Å². The molecule has 2 aromatic heterocycles. The van der Waals surface area contributed by atoms with Crippen LogP contribution in [0, 0.1) is 0 Å². The molecule has 0 aliphatic carbocycles. The quantitative estimate of drug-likeness (QED) is 0.336. The van der Waals surface area contributed by atoms with Crippen LogP contribution in [0.25, 0.3) is 0 Å². The highest BCUT2D eigenvalue weighted by Crippen LogP contribution is 2.13. The molecular weight excluding hydrogens is 461 g/mol. The SMILES string of the molecule is CCNC(=NCc1ccc(OC(C)C)nc1)NCc1ncc(CC)s1.I. The fraction of sp³-hybridized carbons (Fsp3) is 0.500. The van der Waals surface area contributed by atoms with Gasteiger partial charge in [-0.25, -0.2) is 15.0 Å². The Morgan fingerprint density at radius 3 is 2.58 bits per heavy atom. The van der Waals surface area contributed by atoms with Crippen LogP contribution in [0.5, 0.6) is 5.88 Å². The molecule has 0 aliphatic rings. The second-order valence-corrected chi connectivity index (χ2v) is 6.99. The van der Waals surface area contributed by atoms with Crippen LogP contribution >= 0.6 is 35.3 Å². The number of rotatable bonds is 8. The number of aryl methyl sites for hydroxylation is 1. The number of pyridine rings is 1. The number of hydrogen-bond acceptors (Lipinski definition) is 5. The lowest BCUT2D eigenvalue weighted by molar-refractivity contribution is 0.232. The summed E-state index contributed by atoms with van der Waals surface area (Å²) in [6, 6.07) is 3.87. The summed E-state index contributed by atoms with van der Waals surface area (Å²) >= 11 is 1.73. The summed E-state index contributed by atoms with van der Waals surface area (Å²) in [7, 11) is 0. The Hall–Kier alpha value is -1.42. The molecular formula is C18H28IN5OS. The van der Waals surface area contributed by atoms with Gasteiger partial charge in [-0.3, -0.25) is 0 Å². The normalized spacial score (nSPS) is 11.2. The topological polar surface area (TPSA) is 71.4 Å². The van der Waals surface area contributed by atoms with E-state index in [-0.39, 0.29) is 30.1 Å². The first-order valence-corrected chi connectivity index (χ1v) is 9.49. The minimum Gasteiger partial charge on any atom is -0.475 e. The van der Waals surface area contributed by atoms with E-state index in [0.717, 1.165) is 29.5 Å². The van der Waals surface area contributed by atoms with Crippen molar-refractivity contribution in [3.05, 3.63) is 40.0 Å². The summed E-state index contributed by atoms with van der Waals surface area (Å²) < 4.78 is 5.55. The van der Waals surface area contributed by atoms with Gasteiger partial charge in [0.15, 0.2) is 5.96 Å². The number of guanidine groups is 1. The minimum absolute atomic E-state index is 0. The van der Waals surface area contributed by atoms with E-state index >= 15 is 0 Å². The lowest BCUT2D eigenvalue weighted by Crippen LogP contribution is -2.36. The van der Waals surface area contributed by atoms with Gasteiger partial charge in [0, 0.05) is 29.9 Å². The van der Waals surface area contributed by atoms with Crippen LogP contribution in [0.3, 0.4) is 0 Å². The average molecular weight is 489 g/mol. The Kier molecular flexibility index (Phi) is 10.5. The van der Waals surface area contributed by atoms with Crippen molar-refractivity contribution >= 4 is 41.3 Å². The molecule has 6 nitrogen and oxygen atoms in total. The third kappa shape index (κ3) is 7.86. The molecule has 2 heterocycles. The Balaban J connectivity index is 0.00000338. The zero-order chi connectivity index (χ0) is 18.1. The summed E-state index contributed by atoms with van der Waals surface area (Å²) in [5.74, 6) is 1.42. The Morgan fingerprint density at radius 1 is 1.19 bits per heavy atom. The molecule has 0 radical (unpaired) electrons. The molecule has 8 heteroatoms. The lowest BCUT2D eigenvalue weighted by Gasteiger charge is -2.10. The molecule has 2 rings (SSSR count). The van der Waals surface area contributed by atoms with Crippen molar-refractivity contribution in [2.75, 3.05) is 6.54 Å². The van der Waals surface area contributed by atoms with Gasteiger partial charge in [0.1, 0.15) is 5.01 Å². The molecule has 0 unspecified atom stereocenters. The van der Waals surface area contributed by atoms with E-state index in [1.165, 1.54) is 4.88 Å². The Morgan fingerprint density at radius 2 is 2.00 bits per heavy atom. The molecule has 0 bridgehead atoms. The molecule has 0 saturated heterocycles. The third-order valence-corrected chi connectivity index (χ3v) is 4.42. The Bertz CT molecular complexity index is 672. The van der Waals surface area contributed by atoms with Crippen LogP contribution in [-0.4, -0.2) is 28.6 Å². The molecule has 0 spiro atoms. The van der Waals surface area contributed by atoms with Crippen molar-refractivity contribution in [1.29, 1.82) is 0 Å². The van der Waals surface area contributed by atoms with Crippen LogP contribution in [0.4, 0.5) is 0 Å².